The Morgan fingerprint density at radius 3 is 2.27 bits per heavy atom. The van der Waals surface area contributed by atoms with Gasteiger partial charge in [0.15, 0.2) is 0 Å². The van der Waals surface area contributed by atoms with Crippen molar-refractivity contribution in [3.63, 3.8) is 0 Å². The third-order valence-corrected chi connectivity index (χ3v) is 1.51. The number of rotatable bonds is 2. The van der Waals surface area contributed by atoms with Gasteiger partial charge in [-0.2, -0.15) is 10.2 Å². The molecule has 1 rings (SSSR count). The van der Waals surface area contributed by atoms with Crippen LogP contribution in [0.15, 0.2) is 0 Å². The van der Waals surface area contributed by atoms with Gasteiger partial charge in [-0.15, -0.1) is 0 Å². The molecule has 0 aromatic rings. The summed E-state index contributed by atoms with van der Waals surface area (Å²) in [6, 6.07) is 0. The predicted molar refractivity (Wildman–Crippen MR) is 37.8 cm³/mol. The van der Waals surface area contributed by atoms with Crippen molar-refractivity contribution in [1.29, 1.82) is 0 Å². The first kappa shape index (κ1) is 8.41. The van der Waals surface area contributed by atoms with Gasteiger partial charge in [-0.1, -0.05) is 0 Å². The van der Waals surface area contributed by atoms with Crippen LogP contribution < -0.4 is 10.9 Å². The third kappa shape index (κ3) is 2.12. The lowest BCUT2D eigenvalue weighted by Crippen LogP contribution is -2.38. The van der Waals surface area contributed by atoms with Crippen molar-refractivity contribution in [1.82, 2.24) is 21.1 Å². The molecule has 11 heavy (non-hydrogen) atoms. The molecule has 1 heterocycles. The lowest BCUT2D eigenvalue weighted by Gasteiger charge is -2.15. The molecule has 0 aliphatic carbocycles. The van der Waals surface area contributed by atoms with E-state index in [1.165, 1.54) is 0 Å². The molecule has 1 saturated heterocycles. The summed E-state index contributed by atoms with van der Waals surface area (Å²) in [5.74, 6) is -0.821. The SMILES string of the molecule is CN1NC(CC(=O)O)NN1C. The third-order valence-electron chi connectivity index (χ3n) is 1.51. The highest BCUT2D eigenvalue weighted by Gasteiger charge is 2.24. The molecule has 0 spiro atoms. The number of hydrogen-bond donors (Lipinski definition) is 3. The van der Waals surface area contributed by atoms with Gasteiger partial charge in [-0.05, 0) is 0 Å². The van der Waals surface area contributed by atoms with E-state index in [1.54, 1.807) is 24.3 Å². The van der Waals surface area contributed by atoms with Crippen molar-refractivity contribution in [3.05, 3.63) is 0 Å². The Balaban J connectivity index is 2.35. The lowest BCUT2D eigenvalue weighted by molar-refractivity contribution is -0.137. The van der Waals surface area contributed by atoms with Crippen molar-refractivity contribution >= 4 is 5.97 Å². The Morgan fingerprint density at radius 1 is 1.45 bits per heavy atom. The van der Waals surface area contributed by atoms with Crippen molar-refractivity contribution < 1.29 is 9.90 Å². The molecule has 0 bridgehead atoms. The number of aliphatic carboxylic acids is 1. The van der Waals surface area contributed by atoms with Crippen LogP contribution in [0.5, 0.6) is 0 Å². The highest BCUT2D eigenvalue weighted by Crippen LogP contribution is 1.98. The monoisotopic (exact) mass is 160 g/mol. The number of carboxylic acid groups (broad SMARTS) is 1. The number of nitrogens with one attached hydrogen (secondary N) is 2. The zero-order valence-electron chi connectivity index (χ0n) is 6.53. The van der Waals surface area contributed by atoms with Crippen LogP contribution in [0.25, 0.3) is 0 Å². The number of carbonyl (C=O) groups is 1. The number of carboxylic acids is 1. The minimum Gasteiger partial charge on any atom is -0.481 e. The molecule has 0 unspecified atom stereocenters. The molecule has 0 radical (unpaired) electrons. The first-order valence-corrected chi connectivity index (χ1v) is 3.31. The fraction of sp³-hybridized carbons (Fsp3) is 0.800. The molecule has 6 heteroatoms. The second-order valence-corrected chi connectivity index (χ2v) is 2.46. The summed E-state index contributed by atoms with van der Waals surface area (Å²) in [5, 5.41) is 11.8. The van der Waals surface area contributed by atoms with E-state index in [9.17, 15) is 4.79 Å². The van der Waals surface area contributed by atoms with Gasteiger partial charge in [-0.3, -0.25) is 4.79 Å². The highest BCUT2D eigenvalue weighted by molar-refractivity contribution is 5.67. The number of hydrazine groups is 3. The average Bonchev–Trinajstić information content (AvgIpc) is 2.10. The van der Waals surface area contributed by atoms with Gasteiger partial charge in [0.05, 0.1) is 12.6 Å². The van der Waals surface area contributed by atoms with Crippen LogP contribution in [0.3, 0.4) is 0 Å². The topological polar surface area (TPSA) is 67.8 Å². The highest BCUT2D eigenvalue weighted by atomic mass is 16.4. The summed E-state index contributed by atoms with van der Waals surface area (Å²) in [5.41, 5.74) is 5.80. The molecule has 0 saturated carbocycles. The van der Waals surface area contributed by atoms with Gasteiger partial charge in [-0.25, -0.2) is 10.9 Å². The van der Waals surface area contributed by atoms with Gasteiger partial charge < -0.3 is 5.11 Å². The van der Waals surface area contributed by atoms with Crippen molar-refractivity contribution in [2.24, 2.45) is 0 Å². The van der Waals surface area contributed by atoms with Gasteiger partial charge >= 0.3 is 5.97 Å². The summed E-state index contributed by atoms with van der Waals surface area (Å²) in [4.78, 5) is 10.3. The molecule has 0 aromatic carbocycles. The minimum absolute atomic E-state index is 0.0642. The number of nitrogens with zero attached hydrogens (tertiary/aromatic N) is 2. The Hall–Kier alpha value is -0.690. The maximum atomic E-state index is 10.3. The fourth-order valence-corrected chi connectivity index (χ4v) is 0.919. The largest absolute Gasteiger partial charge is 0.481 e. The Labute approximate surface area is 64.7 Å². The lowest BCUT2D eigenvalue weighted by atomic mass is 10.4. The van der Waals surface area contributed by atoms with Crippen LogP contribution in [-0.4, -0.2) is 41.6 Å². The average molecular weight is 160 g/mol. The van der Waals surface area contributed by atoms with Gasteiger partial charge in [0.2, 0.25) is 0 Å². The summed E-state index contributed by atoms with van der Waals surface area (Å²) in [6.45, 7) is 0. The van der Waals surface area contributed by atoms with Gasteiger partial charge in [0.1, 0.15) is 0 Å². The second-order valence-electron chi connectivity index (χ2n) is 2.46. The summed E-state index contributed by atoms with van der Waals surface area (Å²) < 4.78 is 0. The van der Waals surface area contributed by atoms with E-state index in [0.29, 0.717) is 0 Å². The molecule has 6 nitrogen and oxygen atoms in total. The standard InChI is InChI=1S/C5H12N4O2/c1-8-6-4(3-5(10)11)7-9(8)2/h4,6-7H,3H2,1-2H3,(H,10,11). The van der Waals surface area contributed by atoms with Crippen LogP contribution in [0.4, 0.5) is 0 Å². The predicted octanol–water partition coefficient (Wildman–Crippen LogP) is -1.41. The van der Waals surface area contributed by atoms with E-state index >= 15 is 0 Å². The van der Waals surface area contributed by atoms with E-state index in [1.807, 2.05) is 0 Å². The maximum Gasteiger partial charge on any atom is 0.306 e. The Morgan fingerprint density at radius 2 is 1.91 bits per heavy atom. The summed E-state index contributed by atoms with van der Waals surface area (Å²) >= 11 is 0. The first-order chi connectivity index (χ1) is 5.09. The van der Waals surface area contributed by atoms with Gasteiger partial charge in [0, 0.05) is 14.1 Å². The fourth-order valence-electron chi connectivity index (χ4n) is 0.919. The van der Waals surface area contributed by atoms with Crippen LogP contribution in [0.2, 0.25) is 0 Å². The van der Waals surface area contributed by atoms with Crippen molar-refractivity contribution in [3.8, 4) is 0 Å². The molecule has 0 atom stereocenters. The van der Waals surface area contributed by atoms with E-state index in [4.69, 9.17) is 5.11 Å². The van der Waals surface area contributed by atoms with E-state index < -0.39 is 5.97 Å². The quantitative estimate of drug-likeness (QED) is 0.461. The van der Waals surface area contributed by atoms with E-state index in [2.05, 4.69) is 10.9 Å². The zero-order chi connectivity index (χ0) is 8.43. The molecule has 1 aliphatic heterocycles. The molecule has 64 valence electrons. The molecule has 1 aliphatic rings. The van der Waals surface area contributed by atoms with Crippen LogP contribution in [0, 0.1) is 0 Å². The van der Waals surface area contributed by atoms with Gasteiger partial charge in [0.25, 0.3) is 0 Å². The Bertz CT molecular complexity index is 153. The van der Waals surface area contributed by atoms with Crippen LogP contribution >= 0.6 is 0 Å². The first-order valence-electron chi connectivity index (χ1n) is 3.31. The molecule has 0 aromatic heterocycles. The maximum absolute atomic E-state index is 10.3. The molecule has 1 fully saturated rings. The van der Waals surface area contributed by atoms with Crippen molar-refractivity contribution in [2.45, 2.75) is 12.6 Å². The number of hydrogen-bond acceptors (Lipinski definition) is 5. The van der Waals surface area contributed by atoms with Crippen molar-refractivity contribution in [2.75, 3.05) is 14.1 Å². The minimum atomic E-state index is -0.821. The van der Waals surface area contributed by atoms with E-state index in [-0.39, 0.29) is 12.6 Å². The zero-order valence-corrected chi connectivity index (χ0v) is 6.53. The normalized spacial score (nSPS) is 22.7. The molecule has 3 N–H and O–H groups in total. The smallest absolute Gasteiger partial charge is 0.306 e. The molecular weight excluding hydrogens is 148 g/mol. The summed E-state index contributed by atoms with van der Waals surface area (Å²) in [6.07, 6.45) is -0.142. The van der Waals surface area contributed by atoms with E-state index in [0.717, 1.165) is 0 Å². The van der Waals surface area contributed by atoms with Crippen LogP contribution in [-0.2, 0) is 4.79 Å². The van der Waals surface area contributed by atoms with Crippen LogP contribution in [0.1, 0.15) is 6.42 Å². The molecule has 0 amide bonds. The Kier molecular flexibility index (Phi) is 2.40. The summed E-state index contributed by atoms with van der Waals surface area (Å²) in [7, 11) is 3.60. The second kappa shape index (κ2) is 3.14. The molecular formula is C5H12N4O2.